The third-order valence-corrected chi connectivity index (χ3v) is 1.64. The molecule has 0 heterocycles. The summed E-state index contributed by atoms with van der Waals surface area (Å²) in [6.45, 7) is 1.53. The lowest BCUT2D eigenvalue weighted by Crippen LogP contribution is -2.15. The molecule has 0 radical (unpaired) electrons. The summed E-state index contributed by atoms with van der Waals surface area (Å²) in [7, 11) is 0. The molecule has 1 atom stereocenters. The maximum absolute atomic E-state index is 12.9. The molecule has 0 unspecified atom stereocenters. The first-order valence-corrected chi connectivity index (χ1v) is 3.50. The molecule has 0 spiro atoms. The summed E-state index contributed by atoms with van der Waals surface area (Å²) in [4.78, 5) is 0. The third kappa shape index (κ3) is 1.60. The van der Waals surface area contributed by atoms with Gasteiger partial charge in [0.15, 0.2) is 11.6 Å². The molecule has 0 fully saturated rings. The van der Waals surface area contributed by atoms with Crippen LogP contribution in [0.25, 0.3) is 0 Å². The van der Waals surface area contributed by atoms with Gasteiger partial charge in [-0.1, -0.05) is 12.1 Å². The van der Waals surface area contributed by atoms with Crippen LogP contribution in [0.5, 0.6) is 0 Å². The maximum atomic E-state index is 12.9. The second-order valence-corrected chi connectivity index (χ2v) is 2.49. The predicted molar refractivity (Wildman–Crippen MR) is 39.7 cm³/mol. The molecule has 0 aliphatic rings. The van der Waals surface area contributed by atoms with Crippen molar-refractivity contribution in [3.05, 3.63) is 35.4 Å². The highest BCUT2D eigenvalue weighted by Crippen LogP contribution is 2.17. The molecular weight excluding hydrogens is 164 g/mol. The molecule has 0 aromatic heterocycles. The maximum Gasteiger partial charge on any atom is 0.163 e. The lowest BCUT2D eigenvalue weighted by molar-refractivity contribution is 0.131. The molecule has 12 heavy (non-hydrogen) atoms. The van der Waals surface area contributed by atoms with Crippen molar-refractivity contribution in [3.63, 3.8) is 0 Å². The molecule has 1 rings (SSSR count). The van der Waals surface area contributed by atoms with E-state index in [1.165, 1.54) is 19.1 Å². The van der Waals surface area contributed by atoms with E-state index in [4.69, 9.17) is 5.21 Å². The number of halogens is 2. The summed E-state index contributed by atoms with van der Waals surface area (Å²) in [5.74, 6) is -1.83. The van der Waals surface area contributed by atoms with Gasteiger partial charge in [0.25, 0.3) is 0 Å². The van der Waals surface area contributed by atoms with Crippen molar-refractivity contribution in [3.8, 4) is 0 Å². The molecule has 0 saturated carbocycles. The van der Waals surface area contributed by atoms with E-state index < -0.39 is 17.7 Å². The van der Waals surface area contributed by atoms with Crippen molar-refractivity contribution in [2.24, 2.45) is 0 Å². The van der Waals surface area contributed by atoms with Crippen LogP contribution >= 0.6 is 0 Å². The van der Waals surface area contributed by atoms with Crippen LogP contribution in [0.4, 0.5) is 8.78 Å². The first kappa shape index (κ1) is 9.09. The second kappa shape index (κ2) is 3.60. The lowest BCUT2D eigenvalue weighted by Gasteiger charge is -2.09. The van der Waals surface area contributed by atoms with Crippen molar-refractivity contribution < 1.29 is 14.0 Å². The molecule has 0 aliphatic carbocycles. The van der Waals surface area contributed by atoms with E-state index in [9.17, 15) is 8.78 Å². The van der Waals surface area contributed by atoms with Gasteiger partial charge in [0.1, 0.15) is 0 Å². The summed E-state index contributed by atoms with van der Waals surface area (Å²) < 4.78 is 25.5. The Hall–Kier alpha value is -1.00. The number of hydrogen-bond donors (Lipinski definition) is 2. The Labute approximate surface area is 68.8 Å². The quantitative estimate of drug-likeness (QED) is 0.670. The Morgan fingerprint density at radius 2 is 2.08 bits per heavy atom. The molecule has 0 aliphatic heterocycles. The van der Waals surface area contributed by atoms with Gasteiger partial charge in [0, 0.05) is 5.56 Å². The monoisotopic (exact) mass is 173 g/mol. The highest BCUT2D eigenvalue weighted by Gasteiger charge is 2.12. The van der Waals surface area contributed by atoms with E-state index in [0.717, 1.165) is 6.07 Å². The van der Waals surface area contributed by atoms with Crippen LogP contribution in [0.2, 0.25) is 0 Å². The van der Waals surface area contributed by atoms with Crippen LogP contribution in [0.15, 0.2) is 18.2 Å². The largest absolute Gasteiger partial charge is 0.316 e. The highest BCUT2D eigenvalue weighted by molar-refractivity contribution is 5.21. The van der Waals surface area contributed by atoms with E-state index in [-0.39, 0.29) is 5.56 Å². The number of hydrogen-bond acceptors (Lipinski definition) is 2. The van der Waals surface area contributed by atoms with Crippen molar-refractivity contribution in [2.45, 2.75) is 13.0 Å². The zero-order valence-corrected chi connectivity index (χ0v) is 6.51. The van der Waals surface area contributed by atoms with E-state index in [2.05, 4.69) is 0 Å². The van der Waals surface area contributed by atoms with Gasteiger partial charge in [-0.3, -0.25) is 0 Å². The Bertz CT molecular complexity index is 278. The molecule has 0 bridgehead atoms. The van der Waals surface area contributed by atoms with Gasteiger partial charge in [-0.2, -0.15) is 5.48 Å². The number of benzene rings is 1. The number of hydroxylamine groups is 1. The van der Waals surface area contributed by atoms with Crippen molar-refractivity contribution in [1.29, 1.82) is 0 Å². The van der Waals surface area contributed by atoms with Gasteiger partial charge in [-0.25, -0.2) is 8.78 Å². The van der Waals surface area contributed by atoms with Gasteiger partial charge in [-0.05, 0) is 13.0 Å². The Morgan fingerprint density at radius 3 is 2.67 bits per heavy atom. The SMILES string of the molecule is C[C@H](NO)c1cccc(F)c1F. The van der Waals surface area contributed by atoms with Crippen molar-refractivity contribution in [1.82, 2.24) is 5.48 Å². The first-order chi connectivity index (χ1) is 5.66. The fourth-order valence-electron chi connectivity index (χ4n) is 0.924. The van der Waals surface area contributed by atoms with Gasteiger partial charge < -0.3 is 5.21 Å². The van der Waals surface area contributed by atoms with Gasteiger partial charge >= 0.3 is 0 Å². The van der Waals surface area contributed by atoms with Gasteiger partial charge in [-0.15, -0.1) is 0 Å². The zero-order valence-electron chi connectivity index (χ0n) is 6.51. The van der Waals surface area contributed by atoms with Crippen LogP contribution < -0.4 is 5.48 Å². The Morgan fingerprint density at radius 1 is 1.42 bits per heavy atom. The smallest absolute Gasteiger partial charge is 0.163 e. The standard InChI is InChI=1S/C8H9F2NO/c1-5(11-12)6-3-2-4-7(9)8(6)10/h2-5,11-12H,1H3/t5-/m0/s1. The molecule has 4 heteroatoms. The highest BCUT2D eigenvalue weighted by atomic mass is 19.2. The molecular formula is C8H9F2NO. The van der Waals surface area contributed by atoms with Crippen LogP contribution in [0.3, 0.4) is 0 Å². The minimum Gasteiger partial charge on any atom is -0.316 e. The van der Waals surface area contributed by atoms with Crippen LogP contribution in [0, 0.1) is 11.6 Å². The normalized spacial score (nSPS) is 13.0. The van der Waals surface area contributed by atoms with Crippen molar-refractivity contribution in [2.75, 3.05) is 0 Å². The zero-order chi connectivity index (χ0) is 9.14. The summed E-state index contributed by atoms with van der Waals surface area (Å²) in [6.07, 6.45) is 0. The van der Waals surface area contributed by atoms with E-state index in [1.807, 2.05) is 5.48 Å². The lowest BCUT2D eigenvalue weighted by atomic mass is 10.1. The van der Waals surface area contributed by atoms with Gasteiger partial charge in [0.05, 0.1) is 6.04 Å². The predicted octanol–water partition coefficient (Wildman–Crippen LogP) is 2.00. The van der Waals surface area contributed by atoms with E-state index in [0.29, 0.717) is 0 Å². The summed E-state index contributed by atoms with van der Waals surface area (Å²) >= 11 is 0. The van der Waals surface area contributed by atoms with Crippen LogP contribution in [-0.4, -0.2) is 5.21 Å². The molecule has 0 amide bonds. The molecule has 1 aromatic carbocycles. The molecule has 1 aromatic rings. The topological polar surface area (TPSA) is 32.3 Å². The summed E-state index contributed by atoms with van der Waals surface area (Å²) in [6, 6.07) is 3.22. The van der Waals surface area contributed by atoms with Gasteiger partial charge in [0.2, 0.25) is 0 Å². The minimum absolute atomic E-state index is 0.109. The average molecular weight is 173 g/mol. The van der Waals surface area contributed by atoms with Crippen LogP contribution in [-0.2, 0) is 0 Å². The third-order valence-electron chi connectivity index (χ3n) is 1.64. The second-order valence-electron chi connectivity index (χ2n) is 2.49. The minimum atomic E-state index is -0.924. The number of nitrogens with one attached hydrogen (secondary N) is 1. The molecule has 2 nitrogen and oxygen atoms in total. The average Bonchev–Trinajstić information content (AvgIpc) is 2.08. The van der Waals surface area contributed by atoms with Crippen molar-refractivity contribution >= 4 is 0 Å². The fraction of sp³-hybridized carbons (Fsp3) is 0.250. The van der Waals surface area contributed by atoms with Crippen LogP contribution in [0.1, 0.15) is 18.5 Å². The molecule has 66 valence electrons. The Kier molecular flexibility index (Phi) is 2.73. The fourth-order valence-corrected chi connectivity index (χ4v) is 0.924. The van der Waals surface area contributed by atoms with E-state index >= 15 is 0 Å². The summed E-state index contributed by atoms with van der Waals surface area (Å²) in [5.41, 5.74) is 1.95. The first-order valence-electron chi connectivity index (χ1n) is 3.50. The number of rotatable bonds is 2. The summed E-state index contributed by atoms with van der Waals surface area (Å²) in [5, 5.41) is 8.46. The molecule has 2 N–H and O–H groups in total. The van der Waals surface area contributed by atoms with E-state index in [1.54, 1.807) is 0 Å². The molecule has 0 saturated heterocycles. The Balaban J connectivity index is 3.07.